The maximum absolute atomic E-state index is 13.1. The molecule has 1 aliphatic rings. The first kappa shape index (κ1) is 25.5. The Morgan fingerprint density at radius 1 is 0.895 bits per heavy atom. The maximum Gasteiger partial charge on any atom is 0.255 e. The highest BCUT2D eigenvalue weighted by atomic mass is 16.5. The fourth-order valence-corrected chi connectivity index (χ4v) is 4.78. The van der Waals surface area contributed by atoms with Crippen molar-refractivity contribution in [1.82, 2.24) is 19.7 Å². The van der Waals surface area contributed by atoms with Crippen LogP contribution in [0.4, 0.5) is 11.4 Å². The molecule has 0 spiro atoms. The highest BCUT2D eigenvalue weighted by Gasteiger charge is 2.19. The van der Waals surface area contributed by atoms with E-state index in [1.54, 1.807) is 11.8 Å². The van der Waals surface area contributed by atoms with E-state index in [0.29, 0.717) is 5.56 Å². The van der Waals surface area contributed by atoms with Gasteiger partial charge in [-0.3, -0.25) is 9.48 Å². The third-order valence-electron chi connectivity index (χ3n) is 7.20. The molecule has 0 atom stereocenters. The van der Waals surface area contributed by atoms with E-state index in [1.807, 2.05) is 62.5 Å². The molecule has 1 aromatic heterocycles. The minimum atomic E-state index is -0.144. The number of anilines is 2. The molecule has 4 aromatic rings. The van der Waals surface area contributed by atoms with Crippen LogP contribution in [0.25, 0.3) is 22.5 Å². The predicted octanol–water partition coefficient (Wildman–Crippen LogP) is 4.78. The number of nitrogens with zero attached hydrogens (tertiary/aromatic N) is 5. The number of methoxy groups -OCH3 is 1. The largest absolute Gasteiger partial charge is 0.495 e. The number of amides is 1. The maximum atomic E-state index is 13.1. The lowest BCUT2D eigenvalue weighted by atomic mass is 9.97. The van der Waals surface area contributed by atoms with Crippen LogP contribution in [0.1, 0.15) is 21.7 Å². The van der Waals surface area contributed by atoms with Crippen LogP contribution >= 0.6 is 0 Å². The van der Waals surface area contributed by atoms with Crippen LogP contribution in [0, 0.1) is 13.8 Å². The molecule has 0 bridgehead atoms. The number of aryl methyl sites for hydroxylation is 3. The quantitative estimate of drug-likeness (QED) is 0.402. The summed E-state index contributed by atoms with van der Waals surface area (Å²) < 4.78 is 7.38. The Morgan fingerprint density at radius 3 is 2.24 bits per heavy atom. The summed E-state index contributed by atoms with van der Waals surface area (Å²) in [5.74, 6) is 2.27. The number of hydrogen-bond acceptors (Lipinski definition) is 6. The molecule has 3 aromatic carbocycles. The molecule has 0 unspecified atom stereocenters. The highest BCUT2D eigenvalue weighted by molar-refractivity contribution is 6.04. The van der Waals surface area contributed by atoms with Crippen LogP contribution < -0.4 is 15.0 Å². The van der Waals surface area contributed by atoms with Crippen molar-refractivity contribution in [1.29, 1.82) is 0 Å². The van der Waals surface area contributed by atoms with Crippen LogP contribution in [0.5, 0.6) is 5.75 Å². The van der Waals surface area contributed by atoms with Crippen LogP contribution in [-0.2, 0) is 7.05 Å². The number of piperazine rings is 1. The van der Waals surface area contributed by atoms with Crippen molar-refractivity contribution < 1.29 is 9.53 Å². The normalized spacial score (nSPS) is 14.0. The molecule has 8 heteroatoms. The van der Waals surface area contributed by atoms with Crippen molar-refractivity contribution in [3.63, 3.8) is 0 Å². The topological polar surface area (TPSA) is 75.5 Å². The summed E-state index contributed by atoms with van der Waals surface area (Å²) in [6.07, 6.45) is 0. The molecule has 5 rings (SSSR count). The molecule has 1 aliphatic heterocycles. The van der Waals surface area contributed by atoms with E-state index in [0.717, 1.165) is 77.2 Å². The third kappa shape index (κ3) is 5.26. The molecule has 2 heterocycles. The lowest BCUT2D eigenvalue weighted by Gasteiger charge is -2.34. The van der Waals surface area contributed by atoms with E-state index in [-0.39, 0.29) is 5.91 Å². The molecular weight excluding hydrogens is 476 g/mol. The smallest absolute Gasteiger partial charge is 0.255 e. The number of likely N-dealkylation sites (N-methyl/N-ethyl adjacent to an activating group) is 1. The summed E-state index contributed by atoms with van der Waals surface area (Å²) in [6.45, 7) is 7.85. The standard InChI is InChI=1S/C30H34N6O2/c1-20-18-24(29-31-21(2)35(4)33-29)10-12-26(20)22-6-8-23(9-7-22)30(37)32-25-11-13-28(38-5)27(19-25)36-16-14-34(3)15-17-36/h6-13,18-19H,14-17H2,1-5H3,(H,32,37). The second-order valence-electron chi connectivity index (χ2n) is 9.84. The van der Waals surface area contributed by atoms with Gasteiger partial charge < -0.3 is 19.9 Å². The van der Waals surface area contributed by atoms with E-state index < -0.39 is 0 Å². The molecule has 1 N–H and O–H groups in total. The highest BCUT2D eigenvalue weighted by Crippen LogP contribution is 2.32. The summed E-state index contributed by atoms with van der Waals surface area (Å²) >= 11 is 0. The summed E-state index contributed by atoms with van der Waals surface area (Å²) in [5.41, 5.74) is 6.63. The van der Waals surface area contributed by atoms with Gasteiger partial charge in [0.2, 0.25) is 0 Å². The fraction of sp³-hybridized carbons (Fsp3) is 0.300. The molecule has 196 valence electrons. The average Bonchev–Trinajstić information content (AvgIpc) is 3.27. The van der Waals surface area contributed by atoms with Gasteiger partial charge in [0.15, 0.2) is 5.82 Å². The number of carbonyl (C=O) groups excluding carboxylic acids is 1. The van der Waals surface area contributed by atoms with Gasteiger partial charge in [-0.2, -0.15) is 5.10 Å². The Hall–Kier alpha value is -4.17. The molecule has 1 fully saturated rings. The number of benzene rings is 3. The zero-order valence-corrected chi connectivity index (χ0v) is 22.7. The molecular formula is C30H34N6O2. The molecule has 0 aliphatic carbocycles. The number of rotatable bonds is 6. The van der Waals surface area contributed by atoms with Crippen molar-refractivity contribution in [3.05, 3.63) is 77.6 Å². The molecule has 0 saturated carbocycles. The zero-order chi connectivity index (χ0) is 26.8. The summed E-state index contributed by atoms with van der Waals surface area (Å²) in [4.78, 5) is 22.2. The first-order valence-electron chi connectivity index (χ1n) is 12.8. The summed E-state index contributed by atoms with van der Waals surface area (Å²) in [7, 11) is 5.71. The van der Waals surface area contributed by atoms with Crippen molar-refractivity contribution in [3.8, 4) is 28.3 Å². The number of aromatic nitrogens is 3. The first-order chi connectivity index (χ1) is 18.3. The van der Waals surface area contributed by atoms with Gasteiger partial charge in [0.25, 0.3) is 5.91 Å². The van der Waals surface area contributed by atoms with Gasteiger partial charge in [0.1, 0.15) is 11.6 Å². The molecule has 1 saturated heterocycles. The minimum Gasteiger partial charge on any atom is -0.495 e. The van der Waals surface area contributed by atoms with Crippen LogP contribution in [0.15, 0.2) is 60.7 Å². The number of hydrogen-bond donors (Lipinski definition) is 1. The van der Waals surface area contributed by atoms with E-state index in [2.05, 4.69) is 51.3 Å². The summed E-state index contributed by atoms with van der Waals surface area (Å²) in [6, 6.07) is 19.7. The van der Waals surface area contributed by atoms with Crippen molar-refractivity contribution in [2.45, 2.75) is 13.8 Å². The lowest BCUT2D eigenvalue weighted by molar-refractivity contribution is 0.102. The van der Waals surface area contributed by atoms with Gasteiger partial charge in [-0.05, 0) is 74.0 Å². The van der Waals surface area contributed by atoms with Crippen molar-refractivity contribution in [2.24, 2.45) is 7.05 Å². The van der Waals surface area contributed by atoms with Crippen molar-refractivity contribution >= 4 is 17.3 Å². The van der Waals surface area contributed by atoms with Gasteiger partial charge in [-0.15, -0.1) is 0 Å². The van der Waals surface area contributed by atoms with Gasteiger partial charge in [0.05, 0.1) is 12.8 Å². The number of ether oxygens (including phenoxy) is 1. The van der Waals surface area contributed by atoms with E-state index in [4.69, 9.17) is 4.74 Å². The number of carbonyl (C=O) groups is 1. The van der Waals surface area contributed by atoms with Gasteiger partial charge in [-0.25, -0.2) is 4.98 Å². The minimum absolute atomic E-state index is 0.144. The Labute approximate surface area is 223 Å². The van der Waals surface area contributed by atoms with Gasteiger partial charge in [-0.1, -0.05) is 24.3 Å². The first-order valence-corrected chi connectivity index (χ1v) is 12.8. The molecule has 8 nitrogen and oxygen atoms in total. The molecule has 0 radical (unpaired) electrons. The average molecular weight is 511 g/mol. The Bertz CT molecular complexity index is 1430. The fourth-order valence-electron chi connectivity index (χ4n) is 4.78. The van der Waals surface area contributed by atoms with E-state index >= 15 is 0 Å². The van der Waals surface area contributed by atoms with E-state index in [9.17, 15) is 4.79 Å². The second kappa shape index (κ2) is 10.7. The van der Waals surface area contributed by atoms with Crippen LogP contribution in [0.3, 0.4) is 0 Å². The number of nitrogens with one attached hydrogen (secondary N) is 1. The van der Waals surface area contributed by atoms with Crippen LogP contribution in [-0.4, -0.2) is 65.9 Å². The van der Waals surface area contributed by atoms with E-state index in [1.165, 1.54) is 0 Å². The Morgan fingerprint density at radius 2 is 1.61 bits per heavy atom. The zero-order valence-electron chi connectivity index (χ0n) is 22.7. The monoisotopic (exact) mass is 510 g/mol. The molecule has 38 heavy (non-hydrogen) atoms. The SMILES string of the molecule is COc1ccc(NC(=O)c2ccc(-c3ccc(-c4nc(C)n(C)n4)cc3C)cc2)cc1N1CCN(C)CC1. The van der Waals surface area contributed by atoms with Gasteiger partial charge >= 0.3 is 0 Å². The van der Waals surface area contributed by atoms with Gasteiger partial charge in [0, 0.05) is 50.0 Å². The predicted molar refractivity (Wildman–Crippen MR) is 152 cm³/mol. The van der Waals surface area contributed by atoms with Crippen molar-refractivity contribution in [2.75, 3.05) is 50.6 Å². The lowest BCUT2D eigenvalue weighted by Crippen LogP contribution is -2.44. The summed E-state index contributed by atoms with van der Waals surface area (Å²) in [5, 5.41) is 7.54. The Balaban J connectivity index is 1.31. The third-order valence-corrected chi connectivity index (χ3v) is 7.20. The van der Waals surface area contributed by atoms with Crippen LogP contribution in [0.2, 0.25) is 0 Å². The second-order valence-corrected chi connectivity index (χ2v) is 9.84. The molecule has 1 amide bonds. The Kier molecular flexibility index (Phi) is 7.15.